The van der Waals surface area contributed by atoms with Crippen LogP contribution in [0, 0.1) is 5.92 Å². The Hall–Kier alpha value is -1.75. The summed E-state index contributed by atoms with van der Waals surface area (Å²) in [6.45, 7) is 2.94. The Morgan fingerprint density at radius 3 is 2.90 bits per heavy atom. The summed E-state index contributed by atoms with van der Waals surface area (Å²) in [5.74, 6) is 1.26. The first kappa shape index (κ1) is 14.7. The topological polar surface area (TPSA) is 62.2 Å². The second kappa shape index (κ2) is 6.61. The SMILES string of the molecule is CSCC(C)CNc1cc(C(=O)O)c2ccccc2n1. The van der Waals surface area contributed by atoms with Gasteiger partial charge in [-0.3, -0.25) is 0 Å². The molecule has 0 fully saturated rings. The lowest BCUT2D eigenvalue weighted by molar-refractivity contribution is 0.0699. The lowest BCUT2D eigenvalue weighted by atomic mass is 10.1. The fourth-order valence-electron chi connectivity index (χ4n) is 2.07. The maximum Gasteiger partial charge on any atom is 0.336 e. The number of carboxylic acids is 1. The Kier molecular flexibility index (Phi) is 4.84. The Bertz CT molecular complexity index is 616. The van der Waals surface area contributed by atoms with Gasteiger partial charge >= 0.3 is 5.97 Å². The van der Waals surface area contributed by atoms with E-state index in [1.807, 2.05) is 18.2 Å². The van der Waals surface area contributed by atoms with Crippen molar-refractivity contribution in [1.82, 2.24) is 4.98 Å². The van der Waals surface area contributed by atoms with Crippen molar-refractivity contribution in [2.45, 2.75) is 6.92 Å². The summed E-state index contributed by atoms with van der Waals surface area (Å²) in [4.78, 5) is 15.8. The number of hydrogen-bond donors (Lipinski definition) is 2. The van der Waals surface area contributed by atoms with Gasteiger partial charge in [-0.25, -0.2) is 9.78 Å². The number of nitrogens with zero attached hydrogens (tertiary/aromatic N) is 1. The summed E-state index contributed by atoms with van der Waals surface area (Å²) in [7, 11) is 0. The van der Waals surface area contributed by atoms with Gasteiger partial charge in [0.15, 0.2) is 0 Å². The van der Waals surface area contributed by atoms with Crippen molar-refractivity contribution in [3.8, 4) is 0 Å². The largest absolute Gasteiger partial charge is 0.478 e. The van der Waals surface area contributed by atoms with Gasteiger partial charge in [-0.05, 0) is 30.1 Å². The highest BCUT2D eigenvalue weighted by Crippen LogP contribution is 2.21. The minimum atomic E-state index is -0.927. The molecule has 0 aliphatic carbocycles. The molecule has 1 atom stereocenters. The molecule has 1 heterocycles. The van der Waals surface area contributed by atoms with E-state index in [4.69, 9.17) is 0 Å². The second-order valence-electron chi connectivity index (χ2n) is 4.82. The summed E-state index contributed by atoms with van der Waals surface area (Å²) >= 11 is 1.80. The molecule has 106 valence electrons. The molecule has 2 N–H and O–H groups in total. The van der Waals surface area contributed by atoms with Gasteiger partial charge in [0.1, 0.15) is 5.82 Å². The number of carboxylic acid groups (broad SMARTS) is 1. The first-order chi connectivity index (χ1) is 9.61. The lowest BCUT2D eigenvalue weighted by Crippen LogP contribution is -2.14. The summed E-state index contributed by atoms with van der Waals surface area (Å²) in [5, 5.41) is 13.2. The summed E-state index contributed by atoms with van der Waals surface area (Å²) in [5.41, 5.74) is 0.989. The molecule has 5 heteroatoms. The average molecular weight is 290 g/mol. The second-order valence-corrected chi connectivity index (χ2v) is 5.73. The number of pyridine rings is 1. The third kappa shape index (κ3) is 3.42. The van der Waals surface area contributed by atoms with Crippen LogP contribution in [0.25, 0.3) is 10.9 Å². The Balaban J connectivity index is 2.28. The maximum atomic E-state index is 11.3. The van der Waals surface area contributed by atoms with Gasteiger partial charge in [0, 0.05) is 11.9 Å². The van der Waals surface area contributed by atoms with Gasteiger partial charge in [-0.15, -0.1) is 0 Å². The minimum absolute atomic E-state index is 0.288. The van der Waals surface area contributed by atoms with E-state index in [-0.39, 0.29) is 5.56 Å². The van der Waals surface area contributed by atoms with Crippen LogP contribution < -0.4 is 5.32 Å². The number of fused-ring (bicyclic) bond motifs is 1. The molecule has 1 aromatic carbocycles. The van der Waals surface area contributed by atoms with Gasteiger partial charge < -0.3 is 10.4 Å². The van der Waals surface area contributed by atoms with Crippen molar-refractivity contribution >= 4 is 34.5 Å². The van der Waals surface area contributed by atoms with Crippen LogP contribution in [-0.4, -0.2) is 34.6 Å². The van der Waals surface area contributed by atoms with E-state index in [0.717, 1.165) is 12.3 Å². The third-order valence-corrected chi connectivity index (χ3v) is 3.93. The summed E-state index contributed by atoms with van der Waals surface area (Å²) in [6, 6.07) is 8.91. The molecular formula is C15H18N2O2S. The average Bonchev–Trinajstić information content (AvgIpc) is 2.44. The van der Waals surface area contributed by atoms with Crippen molar-refractivity contribution in [1.29, 1.82) is 0 Å². The van der Waals surface area contributed by atoms with Crippen molar-refractivity contribution in [3.63, 3.8) is 0 Å². The Morgan fingerprint density at radius 2 is 2.20 bits per heavy atom. The zero-order valence-corrected chi connectivity index (χ0v) is 12.4. The van der Waals surface area contributed by atoms with Gasteiger partial charge in [0.05, 0.1) is 11.1 Å². The number of aromatic nitrogens is 1. The molecular weight excluding hydrogens is 272 g/mol. The van der Waals surface area contributed by atoms with Gasteiger partial charge in [-0.1, -0.05) is 25.1 Å². The van der Waals surface area contributed by atoms with E-state index < -0.39 is 5.97 Å². The number of para-hydroxylation sites is 1. The van der Waals surface area contributed by atoms with Crippen LogP contribution in [0.15, 0.2) is 30.3 Å². The predicted octanol–water partition coefficient (Wildman–Crippen LogP) is 3.34. The van der Waals surface area contributed by atoms with Gasteiger partial charge in [0.2, 0.25) is 0 Å². The minimum Gasteiger partial charge on any atom is -0.478 e. The summed E-state index contributed by atoms with van der Waals surface area (Å²) < 4.78 is 0. The molecule has 1 aromatic heterocycles. The summed E-state index contributed by atoms with van der Waals surface area (Å²) in [6.07, 6.45) is 2.08. The van der Waals surface area contributed by atoms with E-state index in [1.165, 1.54) is 0 Å². The molecule has 0 radical (unpaired) electrons. The molecule has 0 saturated heterocycles. The molecule has 0 spiro atoms. The number of rotatable bonds is 6. The number of benzene rings is 1. The molecule has 0 amide bonds. The van der Waals surface area contributed by atoms with E-state index in [9.17, 15) is 9.90 Å². The molecule has 0 aliphatic heterocycles. The zero-order chi connectivity index (χ0) is 14.5. The van der Waals surface area contributed by atoms with Crippen LogP contribution in [0.3, 0.4) is 0 Å². The van der Waals surface area contributed by atoms with Crippen molar-refractivity contribution < 1.29 is 9.90 Å². The number of aromatic carboxylic acids is 1. The maximum absolute atomic E-state index is 11.3. The highest BCUT2D eigenvalue weighted by Gasteiger charge is 2.11. The number of thioether (sulfide) groups is 1. The Morgan fingerprint density at radius 1 is 1.45 bits per heavy atom. The van der Waals surface area contributed by atoms with Crippen LogP contribution in [0.1, 0.15) is 17.3 Å². The van der Waals surface area contributed by atoms with Crippen LogP contribution in [0.2, 0.25) is 0 Å². The van der Waals surface area contributed by atoms with Crippen LogP contribution in [-0.2, 0) is 0 Å². The molecule has 0 aliphatic rings. The van der Waals surface area contributed by atoms with E-state index in [2.05, 4.69) is 23.5 Å². The standard InChI is InChI=1S/C15H18N2O2S/c1-10(9-20-2)8-16-14-7-12(15(18)19)11-5-3-4-6-13(11)17-14/h3-7,10H,8-9H2,1-2H3,(H,16,17)(H,18,19). The number of nitrogens with one attached hydrogen (secondary N) is 1. The molecule has 1 unspecified atom stereocenters. The van der Waals surface area contributed by atoms with Crippen LogP contribution in [0.5, 0.6) is 0 Å². The van der Waals surface area contributed by atoms with Crippen molar-refractivity contribution in [2.75, 3.05) is 23.9 Å². The van der Waals surface area contributed by atoms with Crippen molar-refractivity contribution in [3.05, 3.63) is 35.9 Å². The van der Waals surface area contributed by atoms with Crippen molar-refractivity contribution in [2.24, 2.45) is 5.92 Å². The van der Waals surface area contributed by atoms with Crippen LogP contribution >= 0.6 is 11.8 Å². The highest BCUT2D eigenvalue weighted by molar-refractivity contribution is 7.98. The smallest absolute Gasteiger partial charge is 0.336 e. The van der Waals surface area contributed by atoms with Gasteiger partial charge in [0.25, 0.3) is 0 Å². The molecule has 4 nitrogen and oxygen atoms in total. The molecule has 0 saturated carbocycles. The molecule has 2 aromatic rings. The Labute approximate surface area is 122 Å². The monoisotopic (exact) mass is 290 g/mol. The molecule has 20 heavy (non-hydrogen) atoms. The molecule has 2 rings (SSSR count). The first-order valence-corrected chi connectivity index (χ1v) is 7.87. The number of carbonyl (C=O) groups is 1. The normalized spacial score (nSPS) is 12.3. The van der Waals surface area contributed by atoms with E-state index in [0.29, 0.717) is 22.6 Å². The fraction of sp³-hybridized carbons (Fsp3) is 0.333. The predicted molar refractivity (Wildman–Crippen MR) is 84.7 cm³/mol. The number of hydrogen-bond acceptors (Lipinski definition) is 4. The third-order valence-electron chi connectivity index (χ3n) is 3.03. The quantitative estimate of drug-likeness (QED) is 0.854. The van der Waals surface area contributed by atoms with Crippen LogP contribution in [0.4, 0.5) is 5.82 Å². The molecule has 0 bridgehead atoms. The highest BCUT2D eigenvalue weighted by atomic mass is 32.2. The van der Waals surface area contributed by atoms with Gasteiger partial charge in [-0.2, -0.15) is 11.8 Å². The zero-order valence-electron chi connectivity index (χ0n) is 11.6. The first-order valence-electron chi connectivity index (χ1n) is 6.47. The van der Waals surface area contributed by atoms with E-state index in [1.54, 1.807) is 23.9 Å². The number of anilines is 1. The van der Waals surface area contributed by atoms with E-state index >= 15 is 0 Å². The lowest BCUT2D eigenvalue weighted by Gasteiger charge is -2.13. The fourth-order valence-corrected chi connectivity index (χ4v) is 2.75.